The van der Waals surface area contributed by atoms with Crippen LogP contribution in [0.1, 0.15) is 17.9 Å². The molecule has 0 aliphatic rings. The van der Waals surface area contributed by atoms with Gasteiger partial charge in [0.1, 0.15) is 0 Å². The lowest BCUT2D eigenvalue weighted by molar-refractivity contribution is -0.144. The average Bonchev–Trinajstić information content (AvgIpc) is 2.96. The lowest BCUT2D eigenvalue weighted by Crippen LogP contribution is -2.13. The third-order valence-electron chi connectivity index (χ3n) is 2.19. The molecule has 0 fully saturated rings. The van der Waals surface area contributed by atoms with E-state index in [0.717, 1.165) is 4.88 Å². The molecule has 17 heavy (non-hydrogen) atoms. The van der Waals surface area contributed by atoms with E-state index in [1.54, 1.807) is 23.1 Å². The molecular formula is C12H12N2O2S. The van der Waals surface area contributed by atoms with E-state index in [0.29, 0.717) is 5.70 Å². The quantitative estimate of drug-likeness (QED) is 0.781. The average molecular weight is 248 g/mol. The standard InChI is InChI=1S/C12H12N2O2S/c1-9(14-7-4-6-13-14)12(16-10(2)15)11-5-3-8-17-11/h3-8,12H,1H2,2H3. The molecule has 2 rings (SSSR count). The minimum absolute atomic E-state index is 0.336. The second-order valence-electron chi connectivity index (χ2n) is 3.45. The van der Waals surface area contributed by atoms with Crippen LogP contribution in [-0.4, -0.2) is 15.7 Å². The molecule has 0 saturated heterocycles. The van der Waals surface area contributed by atoms with Crippen LogP contribution in [0.3, 0.4) is 0 Å². The molecule has 0 N–H and O–H groups in total. The maximum Gasteiger partial charge on any atom is 0.303 e. The number of hydrogen-bond donors (Lipinski definition) is 0. The van der Waals surface area contributed by atoms with E-state index in [9.17, 15) is 4.79 Å². The second-order valence-corrected chi connectivity index (χ2v) is 4.43. The number of rotatable bonds is 4. The number of aromatic nitrogens is 2. The Labute approximate surface area is 103 Å². The fourth-order valence-electron chi connectivity index (χ4n) is 1.46. The van der Waals surface area contributed by atoms with Gasteiger partial charge in [0.05, 0.1) is 10.6 Å². The Morgan fingerprint density at radius 2 is 2.41 bits per heavy atom. The van der Waals surface area contributed by atoms with Crippen molar-refractivity contribution in [3.8, 4) is 0 Å². The van der Waals surface area contributed by atoms with Crippen molar-refractivity contribution < 1.29 is 9.53 Å². The first-order valence-electron chi connectivity index (χ1n) is 5.08. The highest BCUT2D eigenvalue weighted by Crippen LogP contribution is 2.30. The van der Waals surface area contributed by atoms with Gasteiger partial charge in [-0.15, -0.1) is 11.3 Å². The molecule has 4 nitrogen and oxygen atoms in total. The number of esters is 1. The third kappa shape index (κ3) is 2.62. The Kier molecular flexibility index (Phi) is 3.39. The summed E-state index contributed by atoms with van der Waals surface area (Å²) in [5.41, 5.74) is 0.618. The predicted octanol–water partition coefficient (Wildman–Crippen LogP) is 2.72. The summed E-state index contributed by atoms with van der Waals surface area (Å²) < 4.78 is 6.90. The van der Waals surface area contributed by atoms with Crippen molar-refractivity contribution in [3.63, 3.8) is 0 Å². The number of nitrogens with zero attached hydrogens (tertiary/aromatic N) is 2. The van der Waals surface area contributed by atoms with Crippen molar-refractivity contribution >= 4 is 23.0 Å². The molecular weight excluding hydrogens is 236 g/mol. The maximum absolute atomic E-state index is 11.1. The summed E-state index contributed by atoms with van der Waals surface area (Å²) in [7, 11) is 0. The summed E-state index contributed by atoms with van der Waals surface area (Å²) >= 11 is 1.52. The van der Waals surface area contributed by atoms with E-state index in [4.69, 9.17) is 4.74 Å². The summed E-state index contributed by atoms with van der Waals surface area (Å²) in [5, 5.41) is 6.02. The SMILES string of the molecule is C=C(C(OC(C)=O)c1cccs1)n1cccn1. The van der Waals surface area contributed by atoms with Gasteiger partial charge in [0.15, 0.2) is 6.10 Å². The zero-order valence-electron chi connectivity index (χ0n) is 9.37. The van der Waals surface area contributed by atoms with Gasteiger partial charge in [0.25, 0.3) is 0 Å². The topological polar surface area (TPSA) is 44.1 Å². The van der Waals surface area contributed by atoms with E-state index < -0.39 is 6.10 Å². The van der Waals surface area contributed by atoms with Crippen LogP contribution in [0.4, 0.5) is 0 Å². The van der Waals surface area contributed by atoms with E-state index in [2.05, 4.69) is 11.7 Å². The van der Waals surface area contributed by atoms with Crippen molar-refractivity contribution in [3.05, 3.63) is 47.4 Å². The van der Waals surface area contributed by atoms with Gasteiger partial charge >= 0.3 is 5.97 Å². The first-order chi connectivity index (χ1) is 8.18. The van der Waals surface area contributed by atoms with Crippen molar-refractivity contribution in [1.82, 2.24) is 9.78 Å². The van der Waals surface area contributed by atoms with Crippen LogP contribution in [0.25, 0.3) is 5.70 Å². The fraction of sp³-hybridized carbons (Fsp3) is 0.167. The molecule has 0 amide bonds. The summed E-state index contributed by atoms with van der Waals surface area (Å²) in [6, 6.07) is 5.62. The first kappa shape index (κ1) is 11.6. The van der Waals surface area contributed by atoms with Crippen molar-refractivity contribution in [2.45, 2.75) is 13.0 Å². The Hall–Kier alpha value is -1.88. The molecule has 0 aliphatic carbocycles. The number of ether oxygens (including phenoxy) is 1. The highest BCUT2D eigenvalue weighted by Gasteiger charge is 2.21. The normalized spacial score (nSPS) is 12.1. The van der Waals surface area contributed by atoms with E-state index >= 15 is 0 Å². The van der Waals surface area contributed by atoms with Crippen LogP contribution >= 0.6 is 11.3 Å². The Morgan fingerprint density at radius 1 is 1.59 bits per heavy atom. The van der Waals surface area contributed by atoms with E-state index in [-0.39, 0.29) is 5.97 Å². The lowest BCUT2D eigenvalue weighted by atomic mass is 10.2. The first-order valence-corrected chi connectivity index (χ1v) is 5.96. The molecule has 0 saturated carbocycles. The lowest BCUT2D eigenvalue weighted by Gasteiger charge is -2.18. The van der Waals surface area contributed by atoms with Crippen molar-refractivity contribution in [2.75, 3.05) is 0 Å². The molecule has 88 valence electrons. The van der Waals surface area contributed by atoms with Crippen LogP contribution < -0.4 is 0 Å². The van der Waals surface area contributed by atoms with Crippen LogP contribution in [0.5, 0.6) is 0 Å². The number of hydrogen-bond acceptors (Lipinski definition) is 4. The molecule has 0 bridgehead atoms. The van der Waals surface area contributed by atoms with Gasteiger partial charge in [-0.25, -0.2) is 4.68 Å². The van der Waals surface area contributed by atoms with Gasteiger partial charge in [-0.2, -0.15) is 5.10 Å². The zero-order chi connectivity index (χ0) is 12.3. The van der Waals surface area contributed by atoms with Gasteiger partial charge in [-0.1, -0.05) is 12.6 Å². The molecule has 1 atom stereocenters. The van der Waals surface area contributed by atoms with E-state index in [1.807, 2.05) is 17.5 Å². The summed E-state index contributed by atoms with van der Waals surface area (Å²) in [5.74, 6) is -0.336. The summed E-state index contributed by atoms with van der Waals surface area (Å²) in [6.45, 7) is 5.32. The van der Waals surface area contributed by atoms with Gasteiger partial charge in [-0.3, -0.25) is 4.79 Å². The second kappa shape index (κ2) is 4.97. The molecule has 2 heterocycles. The predicted molar refractivity (Wildman–Crippen MR) is 66.4 cm³/mol. The van der Waals surface area contributed by atoms with E-state index in [1.165, 1.54) is 18.3 Å². The van der Waals surface area contributed by atoms with Crippen molar-refractivity contribution in [1.29, 1.82) is 0 Å². The molecule has 1 unspecified atom stereocenters. The molecule has 2 aromatic heterocycles. The number of carbonyl (C=O) groups is 1. The van der Waals surface area contributed by atoms with Crippen LogP contribution in [0, 0.1) is 0 Å². The summed E-state index contributed by atoms with van der Waals surface area (Å²) in [6.07, 6.45) is 2.95. The smallest absolute Gasteiger partial charge is 0.303 e. The van der Waals surface area contributed by atoms with Gasteiger partial charge < -0.3 is 4.74 Å². The largest absolute Gasteiger partial charge is 0.450 e. The molecule has 0 spiro atoms. The molecule has 2 aromatic rings. The summed E-state index contributed by atoms with van der Waals surface area (Å²) in [4.78, 5) is 12.1. The monoisotopic (exact) mass is 248 g/mol. The minimum Gasteiger partial charge on any atom is -0.450 e. The minimum atomic E-state index is -0.479. The van der Waals surface area contributed by atoms with Crippen LogP contribution in [0.15, 0.2) is 42.6 Å². The zero-order valence-corrected chi connectivity index (χ0v) is 10.2. The Balaban J connectivity index is 2.28. The fourth-order valence-corrected chi connectivity index (χ4v) is 2.23. The van der Waals surface area contributed by atoms with Crippen molar-refractivity contribution in [2.24, 2.45) is 0 Å². The third-order valence-corrected chi connectivity index (χ3v) is 3.10. The van der Waals surface area contributed by atoms with Crippen LogP contribution in [-0.2, 0) is 9.53 Å². The highest BCUT2D eigenvalue weighted by molar-refractivity contribution is 7.10. The highest BCUT2D eigenvalue weighted by atomic mass is 32.1. The molecule has 5 heteroatoms. The molecule has 0 radical (unpaired) electrons. The van der Waals surface area contributed by atoms with Gasteiger partial charge in [-0.05, 0) is 17.5 Å². The van der Waals surface area contributed by atoms with Crippen LogP contribution in [0.2, 0.25) is 0 Å². The number of thiophene rings is 1. The molecule has 0 aliphatic heterocycles. The van der Waals surface area contributed by atoms with Gasteiger partial charge in [0, 0.05) is 19.3 Å². The Bertz CT molecular complexity index is 503. The van der Waals surface area contributed by atoms with Gasteiger partial charge in [0.2, 0.25) is 0 Å². The Morgan fingerprint density at radius 3 is 2.94 bits per heavy atom. The maximum atomic E-state index is 11.1. The number of carbonyl (C=O) groups excluding carboxylic acids is 1. The molecule has 0 aromatic carbocycles.